The molecule has 106 valence electrons. The van der Waals surface area contributed by atoms with Gasteiger partial charge in [-0.15, -0.1) is 11.3 Å². The van der Waals surface area contributed by atoms with E-state index in [-0.39, 0.29) is 0 Å². The Labute approximate surface area is 128 Å². The lowest BCUT2D eigenvalue weighted by molar-refractivity contribution is 0.252. The van der Waals surface area contributed by atoms with Crippen LogP contribution in [-0.4, -0.2) is 31.1 Å². The molecule has 0 atom stereocenters. The number of hydrogen-bond donors (Lipinski definition) is 1. The molecular weight excluding hydrogens is 290 g/mol. The molecule has 0 amide bonds. The molecule has 0 saturated carbocycles. The minimum absolute atomic E-state index is 0.867. The van der Waals surface area contributed by atoms with E-state index in [2.05, 4.69) is 21.9 Å². The van der Waals surface area contributed by atoms with Crippen molar-refractivity contribution in [1.29, 1.82) is 0 Å². The zero-order chi connectivity index (χ0) is 13.9. The van der Waals surface area contributed by atoms with Gasteiger partial charge in [0.05, 0.1) is 15.7 Å². The highest BCUT2D eigenvalue weighted by Gasteiger charge is 2.18. The quantitative estimate of drug-likeness (QED) is 0.883. The predicted octanol–water partition coefficient (Wildman–Crippen LogP) is 3.31. The van der Waals surface area contributed by atoms with E-state index in [1.54, 1.807) is 11.3 Å². The Kier molecular flexibility index (Phi) is 4.15. The van der Waals surface area contributed by atoms with Crippen LogP contribution in [0.5, 0.6) is 0 Å². The number of nitrogens with two attached hydrogens (primary N) is 1. The predicted molar refractivity (Wildman–Crippen MR) is 87.7 cm³/mol. The fraction of sp³-hybridized carbons (Fsp3) is 0.333. The third kappa shape index (κ3) is 3.08. The van der Waals surface area contributed by atoms with Gasteiger partial charge in [0.1, 0.15) is 0 Å². The van der Waals surface area contributed by atoms with Crippen LogP contribution in [0.25, 0.3) is 0 Å². The molecule has 3 rings (SSSR count). The summed E-state index contributed by atoms with van der Waals surface area (Å²) in [5.41, 5.74) is 8.07. The standard InChI is InChI=1S/C15H18ClN3S/c16-15-6-5-12(20-15)11-18-7-9-19(10-8-18)14-4-2-1-3-13(14)17/h1-6H,7-11,17H2. The normalized spacial score (nSPS) is 16.6. The zero-order valence-electron chi connectivity index (χ0n) is 11.3. The molecule has 0 bridgehead atoms. The van der Waals surface area contributed by atoms with E-state index in [1.165, 1.54) is 4.88 Å². The maximum Gasteiger partial charge on any atom is 0.0931 e. The Hall–Kier alpha value is -1.23. The number of benzene rings is 1. The van der Waals surface area contributed by atoms with Crippen molar-refractivity contribution in [2.24, 2.45) is 0 Å². The summed E-state index contributed by atoms with van der Waals surface area (Å²) in [5, 5.41) is 0. The summed E-state index contributed by atoms with van der Waals surface area (Å²) in [5.74, 6) is 0. The van der Waals surface area contributed by atoms with E-state index >= 15 is 0 Å². The second kappa shape index (κ2) is 6.04. The van der Waals surface area contributed by atoms with Crippen LogP contribution in [0.15, 0.2) is 36.4 Å². The van der Waals surface area contributed by atoms with Crippen LogP contribution < -0.4 is 10.6 Å². The van der Waals surface area contributed by atoms with E-state index < -0.39 is 0 Å². The van der Waals surface area contributed by atoms with Gasteiger partial charge in [0, 0.05) is 37.6 Å². The average molecular weight is 308 g/mol. The van der Waals surface area contributed by atoms with Crippen LogP contribution in [-0.2, 0) is 6.54 Å². The van der Waals surface area contributed by atoms with Crippen LogP contribution >= 0.6 is 22.9 Å². The molecule has 0 radical (unpaired) electrons. The molecule has 1 aromatic heterocycles. The number of nitrogens with zero attached hydrogens (tertiary/aromatic N) is 2. The van der Waals surface area contributed by atoms with Crippen molar-refractivity contribution >= 4 is 34.3 Å². The Bertz CT molecular complexity index is 576. The van der Waals surface area contributed by atoms with Crippen molar-refractivity contribution in [2.45, 2.75) is 6.54 Å². The summed E-state index contributed by atoms with van der Waals surface area (Å²) in [7, 11) is 0. The number of piperazine rings is 1. The monoisotopic (exact) mass is 307 g/mol. The largest absolute Gasteiger partial charge is 0.397 e. The number of rotatable bonds is 3. The molecule has 2 N–H and O–H groups in total. The first-order valence-electron chi connectivity index (χ1n) is 6.78. The van der Waals surface area contributed by atoms with Gasteiger partial charge in [-0.05, 0) is 24.3 Å². The number of para-hydroxylation sites is 2. The first-order chi connectivity index (χ1) is 9.72. The van der Waals surface area contributed by atoms with Crippen LogP contribution in [0, 0.1) is 0 Å². The van der Waals surface area contributed by atoms with Crippen LogP contribution in [0.2, 0.25) is 4.34 Å². The van der Waals surface area contributed by atoms with E-state index in [9.17, 15) is 0 Å². The Morgan fingerprint density at radius 1 is 1.05 bits per heavy atom. The van der Waals surface area contributed by atoms with Crippen molar-refractivity contribution in [3.8, 4) is 0 Å². The summed E-state index contributed by atoms with van der Waals surface area (Å²) in [6.45, 7) is 5.16. The SMILES string of the molecule is Nc1ccccc1N1CCN(Cc2ccc(Cl)s2)CC1. The highest BCUT2D eigenvalue weighted by Crippen LogP contribution is 2.26. The van der Waals surface area contributed by atoms with Gasteiger partial charge in [0.2, 0.25) is 0 Å². The number of thiophene rings is 1. The fourth-order valence-electron chi connectivity index (χ4n) is 2.58. The van der Waals surface area contributed by atoms with E-state index in [0.717, 1.165) is 48.4 Å². The smallest absolute Gasteiger partial charge is 0.0931 e. The van der Waals surface area contributed by atoms with Crippen LogP contribution in [0.1, 0.15) is 4.88 Å². The minimum Gasteiger partial charge on any atom is -0.397 e. The first-order valence-corrected chi connectivity index (χ1v) is 7.98. The Morgan fingerprint density at radius 2 is 1.80 bits per heavy atom. The maximum atomic E-state index is 6.04. The zero-order valence-corrected chi connectivity index (χ0v) is 12.8. The molecule has 2 aromatic rings. The van der Waals surface area contributed by atoms with Gasteiger partial charge in [-0.2, -0.15) is 0 Å². The molecule has 0 unspecified atom stereocenters. The van der Waals surface area contributed by atoms with E-state index in [0.29, 0.717) is 0 Å². The second-order valence-corrected chi connectivity index (χ2v) is 6.83. The van der Waals surface area contributed by atoms with Crippen molar-refractivity contribution in [3.05, 3.63) is 45.6 Å². The third-order valence-electron chi connectivity index (χ3n) is 3.66. The molecule has 3 nitrogen and oxygen atoms in total. The van der Waals surface area contributed by atoms with E-state index in [4.69, 9.17) is 17.3 Å². The van der Waals surface area contributed by atoms with Crippen LogP contribution in [0.3, 0.4) is 0 Å². The van der Waals surface area contributed by atoms with Gasteiger partial charge in [-0.25, -0.2) is 0 Å². The number of halogens is 1. The van der Waals surface area contributed by atoms with Crippen molar-refractivity contribution in [3.63, 3.8) is 0 Å². The topological polar surface area (TPSA) is 32.5 Å². The van der Waals surface area contributed by atoms with E-state index in [1.807, 2.05) is 24.3 Å². The number of hydrogen-bond acceptors (Lipinski definition) is 4. The molecule has 0 aliphatic carbocycles. The molecule has 1 saturated heterocycles. The van der Waals surface area contributed by atoms with Gasteiger partial charge >= 0.3 is 0 Å². The molecule has 1 aromatic carbocycles. The number of nitrogen functional groups attached to an aromatic ring is 1. The first kappa shape index (κ1) is 13.7. The van der Waals surface area contributed by atoms with Gasteiger partial charge in [0.25, 0.3) is 0 Å². The Balaban J connectivity index is 1.58. The lowest BCUT2D eigenvalue weighted by Crippen LogP contribution is -2.46. The molecular formula is C15H18ClN3S. The minimum atomic E-state index is 0.867. The lowest BCUT2D eigenvalue weighted by Gasteiger charge is -2.36. The fourth-order valence-corrected chi connectivity index (χ4v) is 3.71. The van der Waals surface area contributed by atoms with Gasteiger partial charge in [0.15, 0.2) is 0 Å². The summed E-state index contributed by atoms with van der Waals surface area (Å²) in [6.07, 6.45) is 0. The third-order valence-corrected chi connectivity index (χ3v) is 4.87. The summed E-state index contributed by atoms with van der Waals surface area (Å²) in [6, 6.07) is 12.2. The van der Waals surface area contributed by atoms with Gasteiger partial charge in [-0.1, -0.05) is 23.7 Å². The summed E-state index contributed by atoms with van der Waals surface area (Å²) < 4.78 is 0.871. The van der Waals surface area contributed by atoms with Gasteiger partial charge < -0.3 is 10.6 Å². The van der Waals surface area contributed by atoms with Crippen molar-refractivity contribution in [2.75, 3.05) is 36.8 Å². The van der Waals surface area contributed by atoms with Crippen molar-refractivity contribution < 1.29 is 0 Å². The lowest BCUT2D eigenvalue weighted by atomic mass is 10.2. The molecule has 5 heteroatoms. The number of anilines is 2. The average Bonchev–Trinajstić information content (AvgIpc) is 2.86. The van der Waals surface area contributed by atoms with Crippen molar-refractivity contribution in [1.82, 2.24) is 4.90 Å². The second-order valence-electron chi connectivity index (χ2n) is 5.03. The Morgan fingerprint density at radius 3 is 2.45 bits per heavy atom. The van der Waals surface area contributed by atoms with Crippen LogP contribution in [0.4, 0.5) is 11.4 Å². The summed E-state index contributed by atoms with van der Waals surface area (Å²) in [4.78, 5) is 6.17. The molecule has 0 spiro atoms. The molecule has 2 heterocycles. The molecule has 1 fully saturated rings. The molecule has 20 heavy (non-hydrogen) atoms. The summed E-state index contributed by atoms with van der Waals surface area (Å²) >= 11 is 7.65. The molecule has 1 aliphatic rings. The highest BCUT2D eigenvalue weighted by atomic mass is 35.5. The highest BCUT2D eigenvalue weighted by molar-refractivity contribution is 7.16. The van der Waals surface area contributed by atoms with Gasteiger partial charge in [-0.3, -0.25) is 4.90 Å². The molecule has 1 aliphatic heterocycles. The maximum absolute atomic E-state index is 6.04.